The Bertz CT molecular complexity index is 564. The standard InChI is InChI=1S/C12H15N5O/c1-8(2)14-5-9-6-15-11(17-12(9)18)10-3-4-13-7-16-10/h3-4,6-8,14H,5H2,1-2H3,(H,15,17,18). The van der Waals surface area contributed by atoms with Crippen molar-refractivity contribution < 1.29 is 0 Å². The third-order valence-corrected chi connectivity index (χ3v) is 2.40. The lowest BCUT2D eigenvalue weighted by molar-refractivity contribution is 0.584. The number of aromatic nitrogens is 4. The first-order valence-electron chi connectivity index (χ1n) is 5.75. The first kappa shape index (κ1) is 12.4. The van der Waals surface area contributed by atoms with E-state index in [1.165, 1.54) is 6.33 Å². The summed E-state index contributed by atoms with van der Waals surface area (Å²) >= 11 is 0. The summed E-state index contributed by atoms with van der Waals surface area (Å²) in [4.78, 5) is 26.6. The van der Waals surface area contributed by atoms with E-state index >= 15 is 0 Å². The molecule has 2 aromatic rings. The number of nitrogens with zero attached hydrogens (tertiary/aromatic N) is 3. The SMILES string of the molecule is CC(C)NCc1cnc(-c2ccncn2)[nH]c1=O. The molecule has 2 rings (SSSR count). The van der Waals surface area contributed by atoms with E-state index in [1.54, 1.807) is 18.5 Å². The van der Waals surface area contributed by atoms with Gasteiger partial charge in [0.2, 0.25) is 0 Å². The molecule has 0 radical (unpaired) electrons. The molecular weight excluding hydrogens is 230 g/mol. The largest absolute Gasteiger partial charge is 0.310 e. The molecule has 2 N–H and O–H groups in total. The molecule has 0 aliphatic heterocycles. The molecule has 0 atom stereocenters. The number of hydrogen-bond donors (Lipinski definition) is 2. The molecule has 6 nitrogen and oxygen atoms in total. The fraction of sp³-hybridized carbons (Fsp3) is 0.333. The van der Waals surface area contributed by atoms with Crippen molar-refractivity contribution in [2.75, 3.05) is 0 Å². The van der Waals surface area contributed by atoms with E-state index in [1.807, 2.05) is 13.8 Å². The van der Waals surface area contributed by atoms with Gasteiger partial charge in [-0.3, -0.25) is 4.79 Å². The van der Waals surface area contributed by atoms with E-state index in [0.717, 1.165) is 0 Å². The van der Waals surface area contributed by atoms with Gasteiger partial charge in [-0.05, 0) is 6.07 Å². The van der Waals surface area contributed by atoms with Gasteiger partial charge < -0.3 is 10.3 Å². The van der Waals surface area contributed by atoms with Gasteiger partial charge in [-0.25, -0.2) is 15.0 Å². The first-order valence-corrected chi connectivity index (χ1v) is 5.75. The second-order valence-corrected chi connectivity index (χ2v) is 4.22. The Balaban J connectivity index is 2.23. The van der Waals surface area contributed by atoms with Crippen molar-refractivity contribution >= 4 is 0 Å². The molecule has 0 bridgehead atoms. The molecule has 0 amide bonds. The highest BCUT2D eigenvalue weighted by Crippen LogP contribution is 2.06. The minimum Gasteiger partial charge on any atom is -0.310 e. The molecule has 0 saturated carbocycles. The van der Waals surface area contributed by atoms with Gasteiger partial charge in [0.25, 0.3) is 5.56 Å². The Kier molecular flexibility index (Phi) is 3.78. The minimum atomic E-state index is -0.147. The number of H-pyrrole nitrogens is 1. The molecular formula is C12H15N5O. The molecule has 0 aliphatic carbocycles. The molecule has 0 aliphatic rings. The number of nitrogens with one attached hydrogen (secondary N) is 2. The zero-order valence-electron chi connectivity index (χ0n) is 10.3. The van der Waals surface area contributed by atoms with Crippen molar-refractivity contribution in [1.82, 2.24) is 25.3 Å². The fourth-order valence-electron chi connectivity index (χ4n) is 1.42. The van der Waals surface area contributed by atoms with Crippen LogP contribution in [0.2, 0.25) is 0 Å². The second-order valence-electron chi connectivity index (χ2n) is 4.22. The zero-order valence-corrected chi connectivity index (χ0v) is 10.3. The van der Waals surface area contributed by atoms with Gasteiger partial charge in [0, 0.05) is 30.5 Å². The lowest BCUT2D eigenvalue weighted by atomic mass is 10.3. The highest BCUT2D eigenvalue weighted by atomic mass is 16.1. The molecule has 0 unspecified atom stereocenters. The van der Waals surface area contributed by atoms with Crippen molar-refractivity contribution in [3.63, 3.8) is 0 Å². The highest BCUT2D eigenvalue weighted by Gasteiger charge is 2.05. The van der Waals surface area contributed by atoms with Gasteiger partial charge in [-0.1, -0.05) is 13.8 Å². The number of aromatic amines is 1. The van der Waals surface area contributed by atoms with Crippen LogP contribution in [0, 0.1) is 0 Å². The van der Waals surface area contributed by atoms with Crippen LogP contribution < -0.4 is 10.9 Å². The summed E-state index contributed by atoms with van der Waals surface area (Å²) in [7, 11) is 0. The van der Waals surface area contributed by atoms with Crippen LogP contribution >= 0.6 is 0 Å². The van der Waals surface area contributed by atoms with Crippen LogP contribution in [-0.4, -0.2) is 26.0 Å². The van der Waals surface area contributed by atoms with Crippen LogP contribution in [0.5, 0.6) is 0 Å². The predicted molar refractivity (Wildman–Crippen MR) is 67.9 cm³/mol. The molecule has 0 saturated heterocycles. The Labute approximate surface area is 105 Å². The van der Waals surface area contributed by atoms with E-state index in [9.17, 15) is 4.79 Å². The van der Waals surface area contributed by atoms with E-state index in [-0.39, 0.29) is 5.56 Å². The fourth-order valence-corrected chi connectivity index (χ4v) is 1.42. The summed E-state index contributed by atoms with van der Waals surface area (Å²) in [5.74, 6) is 0.454. The Hall–Kier alpha value is -2.08. The van der Waals surface area contributed by atoms with E-state index in [4.69, 9.17) is 0 Å². The highest BCUT2D eigenvalue weighted by molar-refractivity contribution is 5.46. The molecule has 2 heterocycles. The smallest absolute Gasteiger partial charge is 0.255 e. The third-order valence-electron chi connectivity index (χ3n) is 2.40. The monoisotopic (exact) mass is 245 g/mol. The van der Waals surface area contributed by atoms with Crippen molar-refractivity contribution in [3.8, 4) is 11.5 Å². The van der Waals surface area contributed by atoms with Crippen molar-refractivity contribution in [2.45, 2.75) is 26.4 Å². The quantitative estimate of drug-likeness (QED) is 0.829. The van der Waals surface area contributed by atoms with Crippen LogP contribution in [0.4, 0.5) is 0 Å². The maximum absolute atomic E-state index is 11.8. The van der Waals surface area contributed by atoms with Crippen LogP contribution in [0.3, 0.4) is 0 Å². The summed E-state index contributed by atoms with van der Waals surface area (Å²) in [6.45, 7) is 4.55. The van der Waals surface area contributed by atoms with Crippen molar-refractivity contribution in [3.05, 3.63) is 40.7 Å². The van der Waals surface area contributed by atoms with E-state index in [0.29, 0.717) is 29.7 Å². The number of rotatable bonds is 4. The lowest BCUT2D eigenvalue weighted by Crippen LogP contribution is -2.26. The van der Waals surface area contributed by atoms with E-state index < -0.39 is 0 Å². The van der Waals surface area contributed by atoms with Crippen LogP contribution in [0.25, 0.3) is 11.5 Å². The maximum atomic E-state index is 11.8. The van der Waals surface area contributed by atoms with Crippen molar-refractivity contribution in [2.24, 2.45) is 0 Å². The van der Waals surface area contributed by atoms with Crippen LogP contribution in [0.15, 0.2) is 29.6 Å². The van der Waals surface area contributed by atoms with Gasteiger partial charge in [-0.2, -0.15) is 0 Å². The molecule has 18 heavy (non-hydrogen) atoms. The molecule has 2 aromatic heterocycles. The zero-order chi connectivity index (χ0) is 13.0. The Morgan fingerprint density at radius 1 is 1.39 bits per heavy atom. The number of hydrogen-bond acceptors (Lipinski definition) is 5. The van der Waals surface area contributed by atoms with Crippen molar-refractivity contribution in [1.29, 1.82) is 0 Å². The normalized spacial score (nSPS) is 10.8. The molecule has 0 fully saturated rings. The van der Waals surface area contributed by atoms with Crippen LogP contribution in [-0.2, 0) is 6.54 Å². The van der Waals surface area contributed by atoms with Gasteiger partial charge in [0.15, 0.2) is 5.82 Å². The summed E-state index contributed by atoms with van der Waals surface area (Å²) in [5.41, 5.74) is 1.07. The third kappa shape index (κ3) is 2.98. The van der Waals surface area contributed by atoms with Gasteiger partial charge in [0.1, 0.15) is 12.0 Å². The molecule has 0 spiro atoms. The van der Waals surface area contributed by atoms with Crippen LogP contribution in [0.1, 0.15) is 19.4 Å². The topological polar surface area (TPSA) is 83.6 Å². The summed E-state index contributed by atoms with van der Waals surface area (Å²) < 4.78 is 0. The van der Waals surface area contributed by atoms with Gasteiger partial charge in [0.05, 0.1) is 0 Å². The summed E-state index contributed by atoms with van der Waals surface area (Å²) in [5, 5.41) is 3.18. The molecule has 94 valence electrons. The van der Waals surface area contributed by atoms with Gasteiger partial charge in [-0.15, -0.1) is 0 Å². The first-order chi connectivity index (χ1) is 8.66. The minimum absolute atomic E-state index is 0.147. The lowest BCUT2D eigenvalue weighted by Gasteiger charge is -2.07. The van der Waals surface area contributed by atoms with Gasteiger partial charge >= 0.3 is 0 Å². The molecule has 6 heteroatoms. The maximum Gasteiger partial charge on any atom is 0.255 e. The predicted octanol–water partition coefficient (Wildman–Crippen LogP) is 0.725. The Morgan fingerprint density at radius 2 is 2.22 bits per heavy atom. The Morgan fingerprint density at radius 3 is 2.83 bits per heavy atom. The average Bonchev–Trinajstić information content (AvgIpc) is 2.38. The second kappa shape index (κ2) is 5.50. The summed E-state index contributed by atoms with van der Waals surface area (Å²) in [6, 6.07) is 2.02. The summed E-state index contributed by atoms with van der Waals surface area (Å²) in [6.07, 6.45) is 4.60. The molecule has 0 aromatic carbocycles. The van der Waals surface area contributed by atoms with E-state index in [2.05, 4.69) is 25.3 Å². The average molecular weight is 245 g/mol.